The van der Waals surface area contributed by atoms with Gasteiger partial charge in [0, 0.05) is 13.1 Å². The molecule has 23 heavy (non-hydrogen) atoms. The van der Waals surface area contributed by atoms with Crippen molar-refractivity contribution in [3.8, 4) is 0 Å². The first kappa shape index (κ1) is 15.8. The molecule has 124 valence electrons. The van der Waals surface area contributed by atoms with Crippen LogP contribution in [0.4, 0.5) is 11.4 Å². The Bertz CT molecular complexity index is 624. The Morgan fingerprint density at radius 1 is 1.30 bits per heavy atom. The lowest BCUT2D eigenvalue weighted by atomic mass is 9.84. The number of anilines is 2. The molecule has 0 aromatic heterocycles. The number of piperidine rings is 1. The third-order valence-corrected chi connectivity index (χ3v) is 4.72. The minimum absolute atomic E-state index is 0.0666. The van der Waals surface area contributed by atoms with Crippen LogP contribution in [-0.2, 0) is 9.59 Å². The van der Waals surface area contributed by atoms with E-state index in [0.717, 1.165) is 11.4 Å². The highest BCUT2D eigenvalue weighted by molar-refractivity contribution is 6.06. The summed E-state index contributed by atoms with van der Waals surface area (Å²) in [7, 11) is 0. The molecule has 2 amide bonds. The average molecular weight is 318 g/mol. The fraction of sp³-hybridized carbons (Fsp3) is 0.500. The number of fused-ring (bicyclic) bond motifs is 1. The number of rotatable bonds is 2. The van der Waals surface area contributed by atoms with Crippen LogP contribution in [0.1, 0.15) is 19.8 Å². The molecule has 1 aromatic rings. The number of amides is 2. The number of carbonyl (C=O) groups is 2. The van der Waals surface area contributed by atoms with Crippen LogP contribution >= 0.6 is 0 Å². The number of nitrogens with zero attached hydrogens (tertiary/aromatic N) is 1. The zero-order valence-electron chi connectivity index (χ0n) is 13.1. The molecule has 1 spiro atoms. The molecule has 0 aliphatic carbocycles. The summed E-state index contributed by atoms with van der Waals surface area (Å²) in [6.45, 7) is 2.37. The van der Waals surface area contributed by atoms with Crippen LogP contribution in [0.15, 0.2) is 24.3 Å². The van der Waals surface area contributed by atoms with Crippen molar-refractivity contribution in [2.45, 2.75) is 37.5 Å². The van der Waals surface area contributed by atoms with Crippen molar-refractivity contribution < 1.29 is 14.7 Å². The SMILES string of the molecule is C[C@@H](O)[C@H](N)C(=O)N1CCC2(CC1)Nc1ccccc1NC2=O. The number of carbonyl (C=O) groups excluding carboxylic acids is 2. The number of nitrogens with two attached hydrogens (primary N) is 1. The van der Waals surface area contributed by atoms with Gasteiger partial charge in [-0.05, 0) is 31.9 Å². The fourth-order valence-electron chi connectivity index (χ4n) is 3.14. The van der Waals surface area contributed by atoms with Crippen molar-refractivity contribution in [2.75, 3.05) is 23.7 Å². The molecule has 0 radical (unpaired) electrons. The predicted octanol–water partition coefficient (Wildman–Crippen LogP) is 0.120. The van der Waals surface area contributed by atoms with Crippen molar-refractivity contribution in [1.82, 2.24) is 4.90 Å². The van der Waals surface area contributed by atoms with Gasteiger partial charge in [0.1, 0.15) is 11.6 Å². The van der Waals surface area contributed by atoms with Gasteiger partial charge in [0.15, 0.2) is 0 Å². The Morgan fingerprint density at radius 3 is 2.52 bits per heavy atom. The Morgan fingerprint density at radius 2 is 1.91 bits per heavy atom. The molecule has 2 aliphatic rings. The second-order valence-electron chi connectivity index (χ2n) is 6.30. The number of likely N-dealkylation sites (tertiary alicyclic amines) is 1. The minimum Gasteiger partial charge on any atom is -0.391 e. The van der Waals surface area contributed by atoms with Gasteiger partial charge in [0.05, 0.1) is 17.5 Å². The van der Waals surface area contributed by atoms with Crippen LogP contribution in [0.5, 0.6) is 0 Å². The quantitative estimate of drug-likeness (QED) is 0.619. The molecule has 7 heteroatoms. The van der Waals surface area contributed by atoms with Crippen LogP contribution in [0, 0.1) is 0 Å². The summed E-state index contributed by atoms with van der Waals surface area (Å²) in [5.41, 5.74) is 6.69. The summed E-state index contributed by atoms with van der Waals surface area (Å²) in [5.74, 6) is -0.338. The number of para-hydroxylation sites is 2. The highest BCUT2D eigenvalue weighted by Gasteiger charge is 2.45. The van der Waals surface area contributed by atoms with Crippen LogP contribution in [0.25, 0.3) is 0 Å². The lowest BCUT2D eigenvalue weighted by Crippen LogP contribution is -2.61. The monoisotopic (exact) mass is 318 g/mol. The van der Waals surface area contributed by atoms with Crippen molar-refractivity contribution in [2.24, 2.45) is 5.73 Å². The molecule has 0 bridgehead atoms. The fourth-order valence-corrected chi connectivity index (χ4v) is 3.14. The zero-order valence-corrected chi connectivity index (χ0v) is 13.1. The molecule has 2 heterocycles. The zero-order chi connectivity index (χ0) is 16.6. The van der Waals surface area contributed by atoms with Gasteiger partial charge >= 0.3 is 0 Å². The predicted molar refractivity (Wildman–Crippen MR) is 86.9 cm³/mol. The molecular formula is C16H22N4O3. The van der Waals surface area contributed by atoms with Gasteiger partial charge in [-0.3, -0.25) is 9.59 Å². The van der Waals surface area contributed by atoms with E-state index in [1.807, 2.05) is 24.3 Å². The first-order valence-corrected chi connectivity index (χ1v) is 7.84. The molecular weight excluding hydrogens is 296 g/mol. The third kappa shape index (κ3) is 2.77. The van der Waals surface area contributed by atoms with Crippen molar-refractivity contribution >= 4 is 23.2 Å². The Balaban J connectivity index is 1.71. The van der Waals surface area contributed by atoms with Gasteiger partial charge in [-0.25, -0.2) is 0 Å². The molecule has 2 atom stereocenters. The van der Waals surface area contributed by atoms with E-state index in [1.165, 1.54) is 6.92 Å². The molecule has 0 saturated carbocycles. The molecule has 7 nitrogen and oxygen atoms in total. The molecule has 3 rings (SSSR count). The maximum atomic E-state index is 12.5. The summed E-state index contributed by atoms with van der Waals surface area (Å²) in [6, 6.07) is 6.65. The van der Waals surface area contributed by atoms with Crippen LogP contribution in [0.3, 0.4) is 0 Å². The van der Waals surface area contributed by atoms with E-state index in [1.54, 1.807) is 4.90 Å². The van der Waals surface area contributed by atoms with Gasteiger partial charge in [0.2, 0.25) is 11.8 Å². The molecule has 1 fully saturated rings. The summed E-state index contributed by atoms with van der Waals surface area (Å²) >= 11 is 0. The largest absolute Gasteiger partial charge is 0.391 e. The topological polar surface area (TPSA) is 108 Å². The number of hydrogen-bond donors (Lipinski definition) is 4. The van der Waals surface area contributed by atoms with Crippen molar-refractivity contribution in [3.05, 3.63) is 24.3 Å². The second-order valence-corrected chi connectivity index (χ2v) is 6.30. The second kappa shape index (κ2) is 5.82. The molecule has 0 unspecified atom stereocenters. The molecule has 1 saturated heterocycles. The van der Waals surface area contributed by atoms with E-state index >= 15 is 0 Å². The van der Waals surface area contributed by atoms with Crippen LogP contribution in [0.2, 0.25) is 0 Å². The number of nitrogens with one attached hydrogen (secondary N) is 2. The van der Waals surface area contributed by atoms with Crippen molar-refractivity contribution in [3.63, 3.8) is 0 Å². The molecule has 5 N–H and O–H groups in total. The Labute approximate surface area is 134 Å². The summed E-state index contributed by atoms with van der Waals surface area (Å²) in [6.07, 6.45) is 0.123. The normalized spacial score (nSPS) is 21.9. The van der Waals surface area contributed by atoms with E-state index in [2.05, 4.69) is 10.6 Å². The highest BCUT2D eigenvalue weighted by atomic mass is 16.3. The number of aliphatic hydroxyl groups is 1. The van der Waals surface area contributed by atoms with Gasteiger partial charge in [0.25, 0.3) is 0 Å². The Kier molecular flexibility index (Phi) is 3.99. The lowest BCUT2D eigenvalue weighted by molar-refractivity contribution is -0.138. The maximum absolute atomic E-state index is 12.5. The van der Waals surface area contributed by atoms with E-state index < -0.39 is 17.7 Å². The maximum Gasteiger partial charge on any atom is 0.250 e. The minimum atomic E-state index is -0.919. The molecule has 2 aliphatic heterocycles. The van der Waals surface area contributed by atoms with E-state index in [4.69, 9.17) is 5.73 Å². The molecule has 1 aromatic carbocycles. The Hall–Kier alpha value is -2.12. The smallest absolute Gasteiger partial charge is 0.250 e. The highest BCUT2D eigenvalue weighted by Crippen LogP contribution is 2.36. The number of hydrogen-bond acceptors (Lipinski definition) is 5. The first-order valence-electron chi connectivity index (χ1n) is 7.84. The summed E-state index contributed by atoms with van der Waals surface area (Å²) in [4.78, 5) is 26.3. The van der Waals surface area contributed by atoms with Gasteiger partial charge in [-0.1, -0.05) is 12.1 Å². The standard InChI is InChI=1S/C16H22N4O3/c1-10(21)13(17)14(22)20-8-6-16(7-9-20)15(23)18-11-4-2-3-5-12(11)19-16/h2-5,10,13,19,21H,6-9,17H2,1H3,(H,18,23)/t10-,13+/m1/s1. The van der Waals surface area contributed by atoms with E-state index in [-0.39, 0.29) is 11.8 Å². The van der Waals surface area contributed by atoms with E-state index in [0.29, 0.717) is 25.9 Å². The van der Waals surface area contributed by atoms with Gasteiger partial charge < -0.3 is 26.4 Å². The average Bonchev–Trinajstić information content (AvgIpc) is 2.55. The summed E-state index contributed by atoms with van der Waals surface area (Å²) in [5, 5.41) is 15.7. The van der Waals surface area contributed by atoms with Gasteiger partial charge in [-0.2, -0.15) is 0 Å². The van der Waals surface area contributed by atoms with Crippen molar-refractivity contribution in [1.29, 1.82) is 0 Å². The van der Waals surface area contributed by atoms with E-state index in [9.17, 15) is 14.7 Å². The van der Waals surface area contributed by atoms with Crippen LogP contribution < -0.4 is 16.4 Å². The lowest BCUT2D eigenvalue weighted by Gasteiger charge is -2.44. The number of benzene rings is 1. The summed E-state index contributed by atoms with van der Waals surface area (Å²) < 4.78 is 0. The van der Waals surface area contributed by atoms with Gasteiger partial charge in [-0.15, -0.1) is 0 Å². The third-order valence-electron chi connectivity index (χ3n) is 4.72. The van der Waals surface area contributed by atoms with Crippen LogP contribution in [-0.4, -0.2) is 52.6 Å². The number of aliphatic hydroxyl groups excluding tert-OH is 1. The first-order chi connectivity index (χ1) is 10.9.